The summed E-state index contributed by atoms with van der Waals surface area (Å²) in [5.74, 6) is -0.329. The van der Waals surface area contributed by atoms with Crippen LogP contribution in [0.25, 0.3) is 21.8 Å². The number of aromatic nitrogens is 2. The number of amides is 1. The normalized spacial score (nSPS) is 11.6. The van der Waals surface area contributed by atoms with Crippen LogP contribution in [0.15, 0.2) is 88.7 Å². The minimum atomic E-state index is -3.79. The molecule has 0 bridgehead atoms. The smallest absolute Gasteiger partial charge is 0.271 e. The summed E-state index contributed by atoms with van der Waals surface area (Å²) in [7, 11) is -3.79. The minimum absolute atomic E-state index is 0.194. The number of nitrogens with zero attached hydrogens (tertiary/aromatic N) is 2. The van der Waals surface area contributed by atoms with E-state index in [9.17, 15) is 13.2 Å². The van der Waals surface area contributed by atoms with Crippen molar-refractivity contribution in [2.24, 2.45) is 0 Å². The van der Waals surface area contributed by atoms with E-state index in [1.165, 1.54) is 6.07 Å². The Kier molecular flexibility index (Phi) is 6.04. The number of anilines is 1. The second-order valence-corrected chi connectivity index (χ2v) is 10.7. The fraction of sp³-hybridized carbons (Fsp3) is 0.120. The van der Waals surface area contributed by atoms with Crippen molar-refractivity contribution in [2.45, 2.75) is 17.2 Å². The molecule has 7 nitrogen and oxygen atoms in total. The van der Waals surface area contributed by atoms with Crippen LogP contribution in [-0.4, -0.2) is 30.4 Å². The van der Waals surface area contributed by atoms with Crippen molar-refractivity contribution in [3.63, 3.8) is 0 Å². The number of carbonyl (C=O) groups is 1. The summed E-state index contributed by atoms with van der Waals surface area (Å²) in [5.41, 5.74) is 2.52. The first kappa shape index (κ1) is 22.1. The second kappa shape index (κ2) is 9.28. The SMILES string of the molecule is O=C(NCCCn1cnc2ccccc21)c1cc2ccccc2cc1NS(=O)(=O)c1cccs1. The Labute approximate surface area is 201 Å². The summed E-state index contributed by atoms with van der Waals surface area (Å²) in [6.45, 7) is 1.14. The second-order valence-electron chi connectivity index (χ2n) is 7.82. The van der Waals surface area contributed by atoms with Crippen LogP contribution in [0.2, 0.25) is 0 Å². The van der Waals surface area contributed by atoms with Crippen molar-refractivity contribution in [2.75, 3.05) is 11.3 Å². The molecule has 2 aromatic heterocycles. The number of rotatable bonds is 8. The van der Waals surface area contributed by atoms with E-state index in [2.05, 4.69) is 19.6 Å². The van der Waals surface area contributed by atoms with Gasteiger partial charge in [-0.15, -0.1) is 11.3 Å². The van der Waals surface area contributed by atoms with Gasteiger partial charge in [-0.2, -0.15) is 0 Å². The molecule has 0 aliphatic carbocycles. The van der Waals surface area contributed by atoms with Crippen LogP contribution >= 0.6 is 11.3 Å². The molecule has 0 saturated carbocycles. The first-order chi connectivity index (χ1) is 16.5. The topological polar surface area (TPSA) is 93.1 Å². The minimum Gasteiger partial charge on any atom is -0.352 e. The molecular weight excluding hydrogens is 468 g/mol. The molecule has 2 heterocycles. The van der Waals surface area contributed by atoms with Gasteiger partial charge in [0.25, 0.3) is 15.9 Å². The van der Waals surface area contributed by atoms with Gasteiger partial charge in [-0.05, 0) is 52.9 Å². The summed E-state index contributed by atoms with van der Waals surface area (Å²) in [6.07, 6.45) is 2.50. The Morgan fingerprint density at radius 1 is 0.971 bits per heavy atom. The number of sulfonamides is 1. The maximum absolute atomic E-state index is 13.1. The Morgan fingerprint density at radius 2 is 1.74 bits per heavy atom. The van der Waals surface area contributed by atoms with E-state index in [4.69, 9.17) is 0 Å². The van der Waals surface area contributed by atoms with E-state index in [-0.39, 0.29) is 21.4 Å². The van der Waals surface area contributed by atoms with Gasteiger partial charge in [0.05, 0.1) is 28.6 Å². The van der Waals surface area contributed by atoms with Crippen LogP contribution in [0.1, 0.15) is 16.8 Å². The third-order valence-electron chi connectivity index (χ3n) is 5.52. The Bertz CT molecular complexity index is 1570. The Hall–Kier alpha value is -3.69. The lowest BCUT2D eigenvalue weighted by molar-refractivity contribution is 0.0954. The number of carbonyl (C=O) groups excluding carboxylic acids is 1. The summed E-state index contributed by atoms with van der Waals surface area (Å²) in [4.78, 5) is 17.5. The van der Waals surface area contributed by atoms with Gasteiger partial charge in [-0.1, -0.05) is 42.5 Å². The monoisotopic (exact) mass is 490 g/mol. The molecule has 172 valence electrons. The number of imidazole rings is 1. The van der Waals surface area contributed by atoms with Gasteiger partial charge >= 0.3 is 0 Å². The molecule has 3 aromatic carbocycles. The number of aryl methyl sites for hydroxylation is 1. The molecule has 5 rings (SSSR count). The number of fused-ring (bicyclic) bond motifs is 2. The van der Waals surface area contributed by atoms with Crippen molar-refractivity contribution in [3.8, 4) is 0 Å². The third-order valence-corrected chi connectivity index (χ3v) is 8.29. The molecular formula is C25H22N4O3S2. The van der Waals surface area contributed by atoms with E-state index >= 15 is 0 Å². The highest BCUT2D eigenvalue weighted by atomic mass is 32.2. The first-order valence-corrected chi connectivity index (χ1v) is 13.1. The number of benzene rings is 3. The van der Waals surface area contributed by atoms with Gasteiger partial charge in [0, 0.05) is 13.1 Å². The average molecular weight is 491 g/mol. The predicted molar refractivity (Wildman–Crippen MR) is 136 cm³/mol. The Balaban J connectivity index is 1.34. The lowest BCUT2D eigenvalue weighted by atomic mass is 10.0. The summed E-state index contributed by atoms with van der Waals surface area (Å²) < 4.78 is 30.5. The van der Waals surface area contributed by atoms with E-state index in [1.54, 1.807) is 29.9 Å². The van der Waals surface area contributed by atoms with Crippen LogP contribution < -0.4 is 10.0 Å². The van der Waals surface area contributed by atoms with E-state index in [1.807, 2.05) is 48.5 Å². The van der Waals surface area contributed by atoms with Crippen LogP contribution in [0, 0.1) is 0 Å². The molecule has 0 unspecified atom stereocenters. The van der Waals surface area contributed by atoms with E-state index < -0.39 is 10.0 Å². The average Bonchev–Trinajstić information content (AvgIpc) is 3.52. The zero-order valence-corrected chi connectivity index (χ0v) is 19.8. The number of hydrogen-bond acceptors (Lipinski definition) is 5. The standard InChI is InChI=1S/C25H22N4O3S2/c30-25(26-12-6-13-29-17-27-21-9-3-4-10-23(21)29)20-15-18-7-1-2-8-19(18)16-22(20)28-34(31,32)24-11-5-14-33-24/h1-5,7-11,14-17,28H,6,12-13H2,(H,26,30). The molecule has 34 heavy (non-hydrogen) atoms. The predicted octanol–water partition coefficient (Wildman–Crippen LogP) is 4.87. The van der Waals surface area contributed by atoms with Gasteiger partial charge < -0.3 is 9.88 Å². The lowest BCUT2D eigenvalue weighted by Crippen LogP contribution is -2.27. The summed E-state index contributed by atoms with van der Waals surface area (Å²) in [5, 5.41) is 6.33. The van der Waals surface area contributed by atoms with Gasteiger partial charge in [0.15, 0.2) is 0 Å². The maximum Gasteiger partial charge on any atom is 0.271 e. The largest absolute Gasteiger partial charge is 0.352 e. The molecule has 2 N–H and O–H groups in total. The summed E-state index contributed by atoms with van der Waals surface area (Å²) >= 11 is 1.12. The number of para-hydroxylation sites is 2. The maximum atomic E-state index is 13.1. The molecule has 0 atom stereocenters. The molecule has 0 spiro atoms. The lowest BCUT2D eigenvalue weighted by Gasteiger charge is -2.14. The fourth-order valence-electron chi connectivity index (χ4n) is 3.86. The van der Waals surface area contributed by atoms with Crippen LogP contribution in [0.5, 0.6) is 0 Å². The zero-order chi connectivity index (χ0) is 23.5. The molecule has 9 heteroatoms. The van der Waals surface area contributed by atoms with Crippen LogP contribution in [0.4, 0.5) is 5.69 Å². The van der Waals surface area contributed by atoms with Gasteiger partial charge in [0.2, 0.25) is 0 Å². The van der Waals surface area contributed by atoms with E-state index in [0.717, 1.165) is 33.1 Å². The molecule has 0 aliphatic rings. The first-order valence-electron chi connectivity index (χ1n) is 10.8. The molecule has 0 saturated heterocycles. The number of hydrogen-bond donors (Lipinski definition) is 2. The zero-order valence-electron chi connectivity index (χ0n) is 18.1. The van der Waals surface area contributed by atoms with Crippen molar-refractivity contribution in [1.82, 2.24) is 14.9 Å². The van der Waals surface area contributed by atoms with Crippen LogP contribution in [-0.2, 0) is 16.6 Å². The Morgan fingerprint density at radius 3 is 2.53 bits per heavy atom. The highest BCUT2D eigenvalue weighted by Gasteiger charge is 2.20. The fourth-order valence-corrected chi connectivity index (χ4v) is 5.92. The quantitative estimate of drug-likeness (QED) is 0.304. The van der Waals surface area contributed by atoms with Gasteiger partial charge in [-0.3, -0.25) is 9.52 Å². The molecule has 0 fully saturated rings. The van der Waals surface area contributed by atoms with Crippen molar-refractivity contribution < 1.29 is 13.2 Å². The molecule has 5 aromatic rings. The molecule has 1 amide bonds. The van der Waals surface area contributed by atoms with E-state index in [0.29, 0.717) is 19.5 Å². The number of nitrogens with one attached hydrogen (secondary N) is 2. The van der Waals surface area contributed by atoms with Gasteiger partial charge in [-0.25, -0.2) is 13.4 Å². The van der Waals surface area contributed by atoms with Gasteiger partial charge in [0.1, 0.15) is 4.21 Å². The van der Waals surface area contributed by atoms with Crippen molar-refractivity contribution in [1.29, 1.82) is 0 Å². The highest BCUT2D eigenvalue weighted by molar-refractivity contribution is 7.94. The summed E-state index contributed by atoms with van der Waals surface area (Å²) in [6, 6.07) is 22.1. The van der Waals surface area contributed by atoms with Crippen molar-refractivity contribution >= 4 is 54.8 Å². The van der Waals surface area contributed by atoms with Crippen molar-refractivity contribution in [3.05, 3.63) is 90.1 Å². The molecule has 0 radical (unpaired) electrons. The number of thiophene rings is 1. The molecule has 0 aliphatic heterocycles. The third kappa shape index (κ3) is 4.52. The highest BCUT2D eigenvalue weighted by Crippen LogP contribution is 2.27. The van der Waals surface area contributed by atoms with Crippen LogP contribution in [0.3, 0.4) is 0 Å².